The maximum Gasteiger partial charge on any atom is 0.255 e. The third-order valence-electron chi connectivity index (χ3n) is 4.22. The topological polar surface area (TPSA) is 67.4 Å². The molecule has 3 rings (SSSR count). The van der Waals surface area contributed by atoms with Crippen LogP contribution in [0.2, 0.25) is 0 Å². The van der Waals surface area contributed by atoms with Gasteiger partial charge in [0.2, 0.25) is 5.91 Å². The number of carbonyl (C=O) groups excluding carboxylic acids is 2. The van der Waals surface area contributed by atoms with Gasteiger partial charge in [-0.25, -0.2) is 0 Å². The van der Waals surface area contributed by atoms with Crippen LogP contribution in [0.3, 0.4) is 0 Å². The van der Waals surface area contributed by atoms with Gasteiger partial charge in [0.25, 0.3) is 5.91 Å². The largest absolute Gasteiger partial charge is 0.497 e. The Balaban J connectivity index is 1.64. The molecule has 2 aromatic carbocycles. The normalized spacial score (nSPS) is 13.7. The number of carbonyl (C=O) groups is 2. The molecule has 2 amide bonds. The Morgan fingerprint density at radius 3 is 2.25 bits per heavy atom. The predicted octanol–water partition coefficient (Wildman–Crippen LogP) is 3.69. The van der Waals surface area contributed by atoms with Crippen LogP contribution < -0.4 is 15.4 Å². The van der Waals surface area contributed by atoms with Gasteiger partial charge < -0.3 is 15.4 Å². The van der Waals surface area contributed by atoms with Gasteiger partial charge in [-0.2, -0.15) is 0 Å². The number of hydrogen-bond acceptors (Lipinski definition) is 3. The summed E-state index contributed by atoms with van der Waals surface area (Å²) in [6.45, 7) is 0. The Labute approximate surface area is 141 Å². The summed E-state index contributed by atoms with van der Waals surface area (Å²) in [5.41, 5.74) is 1.88. The first kappa shape index (κ1) is 16.1. The fourth-order valence-corrected chi connectivity index (χ4v) is 2.54. The Bertz CT molecular complexity index is 737. The number of methoxy groups -OCH3 is 1. The van der Waals surface area contributed by atoms with E-state index < -0.39 is 0 Å². The highest BCUT2D eigenvalue weighted by Gasteiger charge is 2.25. The molecule has 124 valence electrons. The molecule has 5 nitrogen and oxygen atoms in total. The maximum atomic E-state index is 12.3. The molecule has 0 heterocycles. The van der Waals surface area contributed by atoms with E-state index in [9.17, 15) is 9.59 Å². The zero-order valence-electron chi connectivity index (χ0n) is 13.5. The Kier molecular flexibility index (Phi) is 4.79. The summed E-state index contributed by atoms with van der Waals surface area (Å²) in [7, 11) is 1.58. The van der Waals surface area contributed by atoms with E-state index in [2.05, 4.69) is 10.6 Å². The summed E-state index contributed by atoms with van der Waals surface area (Å²) in [6.07, 6.45) is 3.04. The number of nitrogens with one attached hydrogen (secondary N) is 2. The van der Waals surface area contributed by atoms with Crippen LogP contribution in [0.4, 0.5) is 11.4 Å². The average Bonchev–Trinajstić information content (AvgIpc) is 2.53. The van der Waals surface area contributed by atoms with Crippen LogP contribution in [0.5, 0.6) is 5.75 Å². The first-order chi connectivity index (χ1) is 11.7. The molecule has 0 saturated heterocycles. The standard InChI is InChI=1S/C19H20N2O3/c1-24-17-10-8-14(9-11-17)19(23)21-16-7-3-6-15(12-16)20-18(22)13-4-2-5-13/h3,6-13H,2,4-5H2,1H3,(H,20,22)(H,21,23). The molecule has 5 heteroatoms. The molecule has 0 aromatic heterocycles. The van der Waals surface area contributed by atoms with Crippen LogP contribution in [0, 0.1) is 5.92 Å². The lowest BCUT2D eigenvalue weighted by molar-refractivity contribution is -0.122. The molecule has 1 aliphatic carbocycles. The van der Waals surface area contributed by atoms with Crippen molar-refractivity contribution in [3.63, 3.8) is 0 Å². The molecule has 24 heavy (non-hydrogen) atoms. The van der Waals surface area contributed by atoms with E-state index in [-0.39, 0.29) is 17.7 Å². The van der Waals surface area contributed by atoms with Crippen molar-refractivity contribution < 1.29 is 14.3 Å². The molecule has 0 bridgehead atoms. The second-order valence-corrected chi connectivity index (χ2v) is 5.88. The van der Waals surface area contributed by atoms with Gasteiger partial charge in [-0.05, 0) is 55.3 Å². The smallest absolute Gasteiger partial charge is 0.255 e. The Hall–Kier alpha value is -2.82. The molecule has 0 atom stereocenters. The van der Waals surface area contributed by atoms with Gasteiger partial charge in [0, 0.05) is 22.9 Å². The number of rotatable bonds is 5. The fourth-order valence-electron chi connectivity index (χ4n) is 2.54. The Morgan fingerprint density at radius 2 is 1.67 bits per heavy atom. The highest BCUT2D eigenvalue weighted by atomic mass is 16.5. The van der Waals surface area contributed by atoms with E-state index in [1.54, 1.807) is 49.6 Å². The molecular formula is C19H20N2O3. The minimum Gasteiger partial charge on any atom is -0.497 e. The molecule has 1 saturated carbocycles. The van der Waals surface area contributed by atoms with Crippen molar-refractivity contribution in [1.82, 2.24) is 0 Å². The lowest BCUT2D eigenvalue weighted by atomic mass is 9.85. The zero-order chi connectivity index (χ0) is 16.9. The van der Waals surface area contributed by atoms with Gasteiger partial charge in [-0.1, -0.05) is 12.5 Å². The number of anilines is 2. The Morgan fingerprint density at radius 1 is 1.00 bits per heavy atom. The molecule has 0 radical (unpaired) electrons. The number of benzene rings is 2. The summed E-state index contributed by atoms with van der Waals surface area (Å²) in [5, 5.41) is 5.74. The van der Waals surface area contributed by atoms with Crippen molar-refractivity contribution in [1.29, 1.82) is 0 Å². The van der Waals surface area contributed by atoms with Crippen molar-refractivity contribution in [2.24, 2.45) is 5.92 Å². The first-order valence-electron chi connectivity index (χ1n) is 8.02. The van der Waals surface area contributed by atoms with Crippen molar-refractivity contribution in [2.75, 3.05) is 17.7 Å². The highest BCUT2D eigenvalue weighted by molar-refractivity contribution is 6.04. The lowest BCUT2D eigenvalue weighted by Crippen LogP contribution is -2.28. The van der Waals surface area contributed by atoms with Gasteiger partial charge in [-0.15, -0.1) is 0 Å². The number of ether oxygens (including phenoxy) is 1. The predicted molar refractivity (Wildman–Crippen MR) is 93.4 cm³/mol. The molecule has 0 aliphatic heterocycles. The van der Waals surface area contributed by atoms with Crippen molar-refractivity contribution in [3.05, 3.63) is 54.1 Å². The quantitative estimate of drug-likeness (QED) is 0.881. The van der Waals surface area contributed by atoms with E-state index in [0.29, 0.717) is 22.7 Å². The maximum absolute atomic E-state index is 12.3. The minimum absolute atomic E-state index is 0.0554. The van der Waals surface area contributed by atoms with Crippen LogP contribution >= 0.6 is 0 Å². The van der Waals surface area contributed by atoms with Gasteiger partial charge in [0.1, 0.15) is 5.75 Å². The zero-order valence-corrected chi connectivity index (χ0v) is 13.5. The van der Waals surface area contributed by atoms with E-state index in [1.165, 1.54) is 0 Å². The molecule has 0 unspecified atom stereocenters. The van der Waals surface area contributed by atoms with E-state index in [4.69, 9.17) is 4.74 Å². The summed E-state index contributed by atoms with van der Waals surface area (Å²) in [5.74, 6) is 0.676. The van der Waals surface area contributed by atoms with Crippen LogP contribution in [-0.2, 0) is 4.79 Å². The van der Waals surface area contributed by atoms with E-state index in [1.807, 2.05) is 6.07 Å². The van der Waals surface area contributed by atoms with Gasteiger partial charge in [-0.3, -0.25) is 9.59 Å². The third kappa shape index (κ3) is 3.74. The summed E-state index contributed by atoms with van der Waals surface area (Å²) < 4.78 is 5.08. The van der Waals surface area contributed by atoms with E-state index in [0.717, 1.165) is 19.3 Å². The second kappa shape index (κ2) is 7.17. The molecular weight excluding hydrogens is 304 g/mol. The van der Waals surface area contributed by atoms with E-state index >= 15 is 0 Å². The van der Waals surface area contributed by atoms with Crippen molar-refractivity contribution in [3.8, 4) is 5.75 Å². The van der Waals surface area contributed by atoms with Crippen LogP contribution in [0.15, 0.2) is 48.5 Å². The monoisotopic (exact) mass is 324 g/mol. The summed E-state index contributed by atoms with van der Waals surface area (Å²) >= 11 is 0. The van der Waals surface area contributed by atoms with Gasteiger partial charge >= 0.3 is 0 Å². The minimum atomic E-state index is -0.208. The number of hydrogen-bond donors (Lipinski definition) is 2. The summed E-state index contributed by atoms with van der Waals surface area (Å²) in [6, 6.07) is 14.1. The van der Waals surface area contributed by atoms with Crippen LogP contribution in [0.1, 0.15) is 29.6 Å². The lowest BCUT2D eigenvalue weighted by Gasteiger charge is -2.24. The van der Waals surface area contributed by atoms with Crippen molar-refractivity contribution >= 4 is 23.2 Å². The van der Waals surface area contributed by atoms with Crippen LogP contribution in [-0.4, -0.2) is 18.9 Å². The second-order valence-electron chi connectivity index (χ2n) is 5.88. The molecule has 2 N–H and O–H groups in total. The van der Waals surface area contributed by atoms with Crippen molar-refractivity contribution in [2.45, 2.75) is 19.3 Å². The van der Waals surface area contributed by atoms with Crippen LogP contribution in [0.25, 0.3) is 0 Å². The van der Waals surface area contributed by atoms with Gasteiger partial charge in [0.15, 0.2) is 0 Å². The molecule has 1 aliphatic rings. The third-order valence-corrected chi connectivity index (χ3v) is 4.22. The molecule has 1 fully saturated rings. The SMILES string of the molecule is COc1ccc(C(=O)Nc2cccc(NC(=O)C3CCC3)c2)cc1. The van der Waals surface area contributed by atoms with Gasteiger partial charge in [0.05, 0.1) is 7.11 Å². The molecule has 0 spiro atoms. The highest BCUT2D eigenvalue weighted by Crippen LogP contribution is 2.28. The number of amides is 2. The first-order valence-corrected chi connectivity index (χ1v) is 8.02. The summed E-state index contributed by atoms with van der Waals surface area (Å²) in [4.78, 5) is 24.3. The average molecular weight is 324 g/mol. The molecule has 2 aromatic rings. The fraction of sp³-hybridized carbons (Fsp3) is 0.263.